The fraction of sp³-hybridized carbons (Fsp3) is 0.214. The van der Waals surface area contributed by atoms with Gasteiger partial charge in [0.1, 0.15) is 0 Å². The highest BCUT2D eigenvalue weighted by Crippen LogP contribution is 2.15. The molecule has 3 nitrogen and oxygen atoms in total. The molecule has 0 aliphatic heterocycles. The van der Waals surface area contributed by atoms with Crippen molar-refractivity contribution in [1.29, 1.82) is 0 Å². The van der Waals surface area contributed by atoms with E-state index in [0.29, 0.717) is 6.61 Å². The SMILES string of the molecule is CNC(=O)OCCc1ccc2ccccc2c1. The average Bonchev–Trinajstić information content (AvgIpc) is 2.38. The lowest BCUT2D eigenvalue weighted by Crippen LogP contribution is -2.20. The third-order valence-corrected chi connectivity index (χ3v) is 2.64. The third-order valence-electron chi connectivity index (χ3n) is 2.64. The van der Waals surface area contributed by atoms with Gasteiger partial charge in [0.2, 0.25) is 0 Å². The number of hydrogen-bond donors (Lipinski definition) is 1. The molecule has 0 radical (unpaired) electrons. The Kier molecular flexibility index (Phi) is 3.60. The Bertz CT molecular complexity index is 522. The number of benzene rings is 2. The molecule has 0 aromatic heterocycles. The first kappa shape index (κ1) is 11.5. The molecule has 0 aliphatic rings. The lowest BCUT2D eigenvalue weighted by molar-refractivity contribution is 0.150. The number of hydrogen-bond acceptors (Lipinski definition) is 2. The quantitative estimate of drug-likeness (QED) is 0.878. The Balaban J connectivity index is 2.02. The Labute approximate surface area is 100 Å². The minimum Gasteiger partial charge on any atom is -0.449 e. The van der Waals surface area contributed by atoms with Crippen molar-refractivity contribution in [3.8, 4) is 0 Å². The molecule has 0 bridgehead atoms. The fourth-order valence-electron chi connectivity index (χ4n) is 1.73. The Morgan fingerprint density at radius 2 is 1.94 bits per heavy atom. The maximum Gasteiger partial charge on any atom is 0.406 e. The summed E-state index contributed by atoms with van der Waals surface area (Å²) in [6.45, 7) is 0.401. The summed E-state index contributed by atoms with van der Waals surface area (Å²) >= 11 is 0. The van der Waals surface area contributed by atoms with Gasteiger partial charge in [-0.25, -0.2) is 4.79 Å². The number of carbonyl (C=O) groups is 1. The summed E-state index contributed by atoms with van der Waals surface area (Å²) in [5.74, 6) is 0. The van der Waals surface area contributed by atoms with Crippen LogP contribution in [0.3, 0.4) is 0 Å². The first-order chi connectivity index (χ1) is 8.29. The number of carbonyl (C=O) groups excluding carboxylic acids is 1. The van der Waals surface area contributed by atoms with Gasteiger partial charge in [-0.15, -0.1) is 0 Å². The molecule has 0 saturated carbocycles. The van der Waals surface area contributed by atoms with Gasteiger partial charge in [-0.2, -0.15) is 0 Å². The Hall–Kier alpha value is -2.03. The molecule has 1 N–H and O–H groups in total. The van der Waals surface area contributed by atoms with Crippen molar-refractivity contribution < 1.29 is 9.53 Å². The van der Waals surface area contributed by atoms with Crippen molar-refractivity contribution in [2.45, 2.75) is 6.42 Å². The molecule has 0 unspecified atom stereocenters. The number of ether oxygens (including phenoxy) is 1. The molecule has 0 saturated heterocycles. The molecule has 88 valence electrons. The van der Waals surface area contributed by atoms with Crippen LogP contribution in [0.5, 0.6) is 0 Å². The molecular weight excluding hydrogens is 214 g/mol. The summed E-state index contributed by atoms with van der Waals surface area (Å²) < 4.78 is 4.96. The maximum absolute atomic E-state index is 10.9. The van der Waals surface area contributed by atoms with Crippen LogP contribution >= 0.6 is 0 Å². The van der Waals surface area contributed by atoms with Gasteiger partial charge in [0, 0.05) is 13.5 Å². The van der Waals surface area contributed by atoms with Gasteiger partial charge in [0.15, 0.2) is 0 Å². The topological polar surface area (TPSA) is 38.3 Å². The van der Waals surface area contributed by atoms with Gasteiger partial charge in [-0.05, 0) is 16.3 Å². The molecule has 0 heterocycles. The molecule has 1 amide bonds. The zero-order valence-corrected chi connectivity index (χ0v) is 9.77. The van der Waals surface area contributed by atoms with Crippen LogP contribution in [-0.4, -0.2) is 19.7 Å². The molecular formula is C14H15NO2. The van der Waals surface area contributed by atoms with Crippen molar-refractivity contribution in [1.82, 2.24) is 5.32 Å². The number of alkyl carbamates (subject to hydrolysis) is 1. The number of nitrogens with one attached hydrogen (secondary N) is 1. The smallest absolute Gasteiger partial charge is 0.406 e. The van der Waals surface area contributed by atoms with Crippen LogP contribution in [0.25, 0.3) is 10.8 Å². The lowest BCUT2D eigenvalue weighted by atomic mass is 10.1. The van der Waals surface area contributed by atoms with Gasteiger partial charge >= 0.3 is 6.09 Å². The summed E-state index contributed by atoms with van der Waals surface area (Å²) in [5, 5.41) is 4.86. The van der Waals surface area contributed by atoms with Crippen LogP contribution in [0.2, 0.25) is 0 Å². The second kappa shape index (κ2) is 5.34. The molecule has 2 aromatic rings. The normalized spacial score (nSPS) is 10.2. The van der Waals surface area contributed by atoms with Gasteiger partial charge < -0.3 is 10.1 Å². The van der Waals surface area contributed by atoms with Crippen LogP contribution in [0.4, 0.5) is 4.79 Å². The molecule has 2 rings (SSSR count). The maximum atomic E-state index is 10.9. The standard InChI is InChI=1S/C14H15NO2/c1-15-14(16)17-9-8-11-6-7-12-4-2-3-5-13(12)10-11/h2-7,10H,8-9H2,1H3,(H,15,16). The van der Waals surface area contributed by atoms with Crippen LogP contribution < -0.4 is 5.32 Å². The molecule has 0 atom stereocenters. The van der Waals surface area contributed by atoms with E-state index in [4.69, 9.17) is 4.74 Å². The van der Waals surface area contributed by atoms with Crippen LogP contribution in [0.1, 0.15) is 5.56 Å². The van der Waals surface area contributed by atoms with Crippen LogP contribution in [-0.2, 0) is 11.2 Å². The highest BCUT2D eigenvalue weighted by Gasteiger charge is 1.99. The van der Waals surface area contributed by atoms with E-state index < -0.39 is 0 Å². The van der Waals surface area contributed by atoms with Crippen molar-refractivity contribution in [2.24, 2.45) is 0 Å². The fourth-order valence-corrected chi connectivity index (χ4v) is 1.73. The third kappa shape index (κ3) is 2.97. The Morgan fingerprint density at radius 1 is 1.18 bits per heavy atom. The first-order valence-electron chi connectivity index (χ1n) is 5.62. The van der Waals surface area contributed by atoms with E-state index in [1.54, 1.807) is 7.05 Å². The highest BCUT2D eigenvalue weighted by molar-refractivity contribution is 5.82. The molecule has 0 aliphatic carbocycles. The minimum atomic E-state index is -0.384. The highest BCUT2D eigenvalue weighted by atomic mass is 16.5. The average molecular weight is 229 g/mol. The summed E-state index contributed by atoms with van der Waals surface area (Å²) in [6, 6.07) is 14.5. The summed E-state index contributed by atoms with van der Waals surface area (Å²) in [4.78, 5) is 10.9. The summed E-state index contributed by atoms with van der Waals surface area (Å²) in [7, 11) is 1.55. The van der Waals surface area contributed by atoms with Crippen molar-refractivity contribution in [2.75, 3.05) is 13.7 Å². The predicted octanol–water partition coefficient (Wildman–Crippen LogP) is 2.74. The van der Waals surface area contributed by atoms with E-state index in [1.165, 1.54) is 16.3 Å². The zero-order valence-electron chi connectivity index (χ0n) is 9.77. The van der Waals surface area contributed by atoms with E-state index in [9.17, 15) is 4.79 Å². The second-order valence-corrected chi connectivity index (χ2v) is 3.82. The summed E-state index contributed by atoms with van der Waals surface area (Å²) in [5.41, 5.74) is 1.17. The molecule has 2 aromatic carbocycles. The molecule has 3 heteroatoms. The van der Waals surface area contributed by atoms with Gasteiger partial charge in [-0.3, -0.25) is 0 Å². The van der Waals surface area contributed by atoms with E-state index in [1.807, 2.05) is 12.1 Å². The van der Waals surface area contributed by atoms with Crippen LogP contribution in [0, 0.1) is 0 Å². The monoisotopic (exact) mass is 229 g/mol. The van der Waals surface area contributed by atoms with E-state index in [0.717, 1.165) is 6.42 Å². The number of amides is 1. The first-order valence-corrected chi connectivity index (χ1v) is 5.62. The lowest BCUT2D eigenvalue weighted by Gasteiger charge is -2.05. The van der Waals surface area contributed by atoms with Gasteiger partial charge in [-0.1, -0.05) is 42.5 Å². The minimum absolute atomic E-state index is 0.384. The molecule has 0 spiro atoms. The van der Waals surface area contributed by atoms with E-state index in [-0.39, 0.29) is 6.09 Å². The largest absolute Gasteiger partial charge is 0.449 e. The molecule has 0 fully saturated rings. The number of fused-ring (bicyclic) bond motifs is 1. The van der Waals surface area contributed by atoms with Gasteiger partial charge in [0.25, 0.3) is 0 Å². The van der Waals surface area contributed by atoms with E-state index >= 15 is 0 Å². The van der Waals surface area contributed by atoms with Gasteiger partial charge in [0.05, 0.1) is 6.61 Å². The summed E-state index contributed by atoms with van der Waals surface area (Å²) in [6.07, 6.45) is 0.351. The molecule has 17 heavy (non-hydrogen) atoms. The number of rotatable bonds is 3. The van der Waals surface area contributed by atoms with Crippen molar-refractivity contribution >= 4 is 16.9 Å². The van der Waals surface area contributed by atoms with Crippen molar-refractivity contribution in [3.05, 3.63) is 48.0 Å². The second-order valence-electron chi connectivity index (χ2n) is 3.82. The van der Waals surface area contributed by atoms with Crippen LogP contribution in [0.15, 0.2) is 42.5 Å². The predicted molar refractivity (Wildman–Crippen MR) is 68.1 cm³/mol. The zero-order chi connectivity index (χ0) is 12.1. The Morgan fingerprint density at radius 3 is 2.71 bits per heavy atom. The van der Waals surface area contributed by atoms with E-state index in [2.05, 4.69) is 35.6 Å². The van der Waals surface area contributed by atoms with Crippen molar-refractivity contribution in [3.63, 3.8) is 0 Å².